The minimum atomic E-state index is 0.309. The molecule has 0 saturated carbocycles. The SMILES string of the molecule is O=C1CCC(c2ccccc2)CCN1CCCn1ccnc1. The van der Waals surface area contributed by atoms with Crippen LogP contribution in [0.2, 0.25) is 0 Å². The standard InChI is InChI=1S/C18H23N3O/c22-18-8-7-17(16-5-2-1-3-6-16)9-13-21(18)12-4-11-20-14-10-19-15-20/h1-3,5-6,10,14-15,17H,4,7-9,11-13H2. The minimum absolute atomic E-state index is 0.309. The Morgan fingerprint density at radius 1 is 1.14 bits per heavy atom. The van der Waals surface area contributed by atoms with Gasteiger partial charge in [0.05, 0.1) is 6.33 Å². The molecule has 1 aromatic heterocycles. The van der Waals surface area contributed by atoms with Gasteiger partial charge in [0, 0.05) is 38.4 Å². The first-order valence-electron chi connectivity index (χ1n) is 8.11. The van der Waals surface area contributed by atoms with Crippen molar-refractivity contribution in [3.63, 3.8) is 0 Å². The van der Waals surface area contributed by atoms with Crippen LogP contribution in [0.3, 0.4) is 0 Å². The van der Waals surface area contributed by atoms with Crippen molar-refractivity contribution in [2.24, 2.45) is 0 Å². The van der Waals surface area contributed by atoms with Gasteiger partial charge >= 0.3 is 0 Å². The Kier molecular flexibility index (Phi) is 4.88. The first-order valence-corrected chi connectivity index (χ1v) is 8.11. The van der Waals surface area contributed by atoms with E-state index in [1.165, 1.54) is 5.56 Å². The molecule has 2 aromatic rings. The smallest absolute Gasteiger partial charge is 0.222 e. The highest BCUT2D eigenvalue weighted by Crippen LogP contribution is 2.28. The lowest BCUT2D eigenvalue weighted by molar-refractivity contribution is -0.130. The third kappa shape index (κ3) is 3.75. The summed E-state index contributed by atoms with van der Waals surface area (Å²) in [4.78, 5) is 18.4. The highest BCUT2D eigenvalue weighted by Gasteiger charge is 2.22. The van der Waals surface area contributed by atoms with Crippen LogP contribution in [0.15, 0.2) is 49.1 Å². The van der Waals surface area contributed by atoms with Crippen LogP contribution in [0, 0.1) is 0 Å². The fraction of sp³-hybridized carbons (Fsp3) is 0.444. The van der Waals surface area contributed by atoms with Gasteiger partial charge in [-0.2, -0.15) is 0 Å². The molecule has 1 aliphatic heterocycles. The number of hydrogen-bond acceptors (Lipinski definition) is 2. The Morgan fingerprint density at radius 2 is 2.00 bits per heavy atom. The van der Waals surface area contributed by atoms with Crippen molar-refractivity contribution >= 4 is 5.91 Å². The molecule has 22 heavy (non-hydrogen) atoms. The van der Waals surface area contributed by atoms with E-state index >= 15 is 0 Å². The zero-order valence-electron chi connectivity index (χ0n) is 12.9. The first-order chi connectivity index (χ1) is 10.8. The van der Waals surface area contributed by atoms with E-state index in [0.717, 1.165) is 38.9 Å². The summed E-state index contributed by atoms with van der Waals surface area (Å²) in [5, 5.41) is 0. The molecule has 1 aliphatic rings. The lowest BCUT2D eigenvalue weighted by atomic mass is 9.92. The highest BCUT2D eigenvalue weighted by molar-refractivity contribution is 5.76. The van der Waals surface area contributed by atoms with Gasteiger partial charge in [0.25, 0.3) is 0 Å². The Labute approximate surface area is 131 Å². The van der Waals surface area contributed by atoms with Crippen LogP contribution in [0.5, 0.6) is 0 Å². The van der Waals surface area contributed by atoms with Gasteiger partial charge in [0.15, 0.2) is 0 Å². The first kappa shape index (κ1) is 14.8. The Morgan fingerprint density at radius 3 is 2.77 bits per heavy atom. The normalized spacial score (nSPS) is 19.2. The van der Waals surface area contributed by atoms with Crippen molar-refractivity contribution < 1.29 is 4.79 Å². The molecule has 4 heteroatoms. The monoisotopic (exact) mass is 297 g/mol. The fourth-order valence-corrected chi connectivity index (χ4v) is 3.19. The molecule has 1 atom stereocenters. The number of aryl methyl sites for hydroxylation is 1. The van der Waals surface area contributed by atoms with Crippen molar-refractivity contribution in [1.29, 1.82) is 0 Å². The van der Waals surface area contributed by atoms with E-state index in [0.29, 0.717) is 18.2 Å². The van der Waals surface area contributed by atoms with Gasteiger partial charge in [0.2, 0.25) is 5.91 Å². The van der Waals surface area contributed by atoms with Gasteiger partial charge in [0.1, 0.15) is 0 Å². The Bertz CT molecular complexity index is 580. The van der Waals surface area contributed by atoms with Crippen molar-refractivity contribution in [3.8, 4) is 0 Å². The predicted octanol–water partition coefficient (Wildman–Crippen LogP) is 3.07. The molecule has 116 valence electrons. The predicted molar refractivity (Wildman–Crippen MR) is 86.5 cm³/mol. The number of aromatic nitrogens is 2. The van der Waals surface area contributed by atoms with Crippen LogP contribution in [0.25, 0.3) is 0 Å². The van der Waals surface area contributed by atoms with Crippen LogP contribution in [0.1, 0.15) is 37.2 Å². The van der Waals surface area contributed by atoms with E-state index < -0.39 is 0 Å². The fourth-order valence-electron chi connectivity index (χ4n) is 3.19. The number of amides is 1. The van der Waals surface area contributed by atoms with Gasteiger partial charge in [-0.25, -0.2) is 4.98 Å². The maximum atomic E-state index is 12.3. The molecule has 1 unspecified atom stereocenters. The van der Waals surface area contributed by atoms with Crippen LogP contribution < -0.4 is 0 Å². The summed E-state index contributed by atoms with van der Waals surface area (Å²) in [5.74, 6) is 0.827. The average molecular weight is 297 g/mol. The maximum Gasteiger partial charge on any atom is 0.222 e. The Hall–Kier alpha value is -2.10. The third-order valence-corrected chi connectivity index (χ3v) is 4.48. The van der Waals surface area contributed by atoms with Crippen molar-refractivity contribution in [1.82, 2.24) is 14.5 Å². The maximum absolute atomic E-state index is 12.3. The molecule has 4 nitrogen and oxygen atoms in total. The summed E-state index contributed by atoms with van der Waals surface area (Å²) in [6.45, 7) is 2.65. The summed E-state index contributed by atoms with van der Waals surface area (Å²) in [7, 11) is 0. The molecule has 1 aromatic carbocycles. The van der Waals surface area contributed by atoms with Gasteiger partial charge in [-0.1, -0.05) is 30.3 Å². The molecular formula is C18H23N3O. The Balaban J connectivity index is 1.52. The van der Waals surface area contributed by atoms with Crippen LogP contribution >= 0.6 is 0 Å². The number of rotatable bonds is 5. The third-order valence-electron chi connectivity index (χ3n) is 4.48. The summed E-state index contributed by atoms with van der Waals surface area (Å²) < 4.78 is 2.06. The highest BCUT2D eigenvalue weighted by atomic mass is 16.2. The van der Waals surface area contributed by atoms with E-state index in [2.05, 4.69) is 33.8 Å². The van der Waals surface area contributed by atoms with E-state index in [-0.39, 0.29) is 0 Å². The zero-order chi connectivity index (χ0) is 15.2. The zero-order valence-corrected chi connectivity index (χ0v) is 12.9. The number of imidazole rings is 1. The average Bonchev–Trinajstić information content (AvgIpc) is 3.00. The second-order valence-electron chi connectivity index (χ2n) is 5.97. The molecule has 0 N–H and O–H groups in total. The summed E-state index contributed by atoms with van der Waals surface area (Å²) >= 11 is 0. The molecule has 3 rings (SSSR count). The van der Waals surface area contributed by atoms with Crippen molar-refractivity contribution in [2.45, 2.75) is 38.1 Å². The second kappa shape index (κ2) is 7.25. The summed E-state index contributed by atoms with van der Waals surface area (Å²) in [6.07, 6.45) is 9.29. The lowest BCUT2D eigenvalue weighted by Crippen LogP contribution is -2.31. The number of nitrogens with zero attached hydrogens (tertiary/aromatic N) is 3. The quantitative estimate of drug-likeness (QED) is 0.850. The van der Waals surface area contributed by atoms with Gasteiger partial charge in [-0.05, 0) is 30.7 Å². The van der Waals surface area contributed by atoms with Gasteiger partial charge < -0.3 is 9.47 Å². The topological polar surface area (TPSA) is 38.1 Å². The minimum Gasteiger partial charge on any atom is -0.343 e. The van der Waals surface area contributed by atoms with E-state index in [1.54, 1.807) is 6.20 Å². The van der Waals surface area contributed by atoms with Crippen LogP contribution in [0.4, 0.5) is 0 Å². The largest absolute Gasteiger partial charge is 0.343 e. The van der Waals surface area contributed by atoms with Crippen molar-refractivity contribution in [2.75, 3.05) is 13.1 Å². The molecule has 0 spiro atoms. The second-order valence-corrected chi connectivity index (χ2v) is 5.97. The number of carbonyl (C=O) groups is 1. The summed E-state index contributed by atoms with van der Waals surface area (Å²) in [5.41, 5.74) is 1.37. The molecule has 1 saturated heterocycles. The summed E-state index contributed by atoms with van der Waals surface area (Å²) in [6, 6.07) is 10.6. The van der Waals surface area contributed by atoms with E-state index in [9.17, 15) is 4.79 Å². The van der Waals surface area contributed by atoms with Crippen LogP contribution in [-0.4, -0.2) is 33.4 Å². The molecular weight excluding hydrogens is 274 g/mol. The van der Waals surface area contributed by atoms with Crippen LogP contribution in [-0.2, 0) is 11.3 Å². The molecule has 2 heterocycles. The molecule has 0 bridgehead atoms. The number of hydrogen-bond donors (Lipinski definition) is 0. The van der Waals surface area contributed by atoms with Gasteiger partial charge in [-0.3, -0.25) is 4.79 Å². The molecule has 1 amide bonds. The molecule has 0 aliphatic carbocycles. The number of carbonyl (C=O) groups excluding carboxylic acids is 1. The molecule has 1 fully saturated rings. The lowest BCUT2D eigenvalue weighted by Gasteiger charge is -2.21. The van der Waals surface area contributed by atoms with Gasteiger partial charge in [-0.15, -0.1) is 0 Å². The number of likely N-dealkylation sites (tertiary alicyclic amines) is 1. The number of benzene rings is 1. The van der Waals surface area contributed by atoms with Crippen molar-refractivity contribution in [3.05, 3.63) is 54.6 Å². The van der Waals surface area contributed by atoms with E-state index in [4.69, 9.17) is 0 Å². The molecule has 0 radical (unpaired) electrons. The van der Waals surface area contributed by atoms with E-state index in [1.807, 2.05) is 23.5 Å².